The number of rotatable bonds is 11. The second kappa shape index (κ2) is 12.6. The molecule has 0 aliphatic rings. The second-order valence-electron chi connectivity index (χ2n) is 7.42. The lowest BCUT2D eigenvalue weighted by Crippen LogP contribution is -2.74. The summed E-state index contributed by atoms with van der Waals surface area (Å²) in [5.41, 5.74) is 1.39. The van der Waals surface area contributed by atoms with Crippen molar-refractivity contribution in [3.8, 4) is 0 Å². The number of ketones is 1. The Morgan fingerprint density at radius 2 is 1.38 bits per heavy atom. The van der Waals surface area contributed by atoms with Gasteiger partial charge in [0.25, 0.3) is 11.5 Å². The molecule has 0 amide bonds. The van der Waals surface area contributed by atoms with Crippen LogP contribution < -0.4 is 5.16 Å². The van der Waals surface area contributed by atoms with Gasteiger partial charge in [-0.15, -0.1) is 0 Å². The Hall–Kier alpha value is -3.18. The molecule has 3 aromatic carbocycles. The summed E-state index contributed by atoms with van der Waals surface area (Å²) in [6, 6.07) is 26.3. The molecule has 0 saturated carbocycles. The third kappa shape index (κ3) is 7.20. The van der Waals surface area contributed by atoms with Crippen LogP contribution in [0, 0.1) is 0 Å². The number of carbonyl (C=O) groups excluding carboxylic acids is 2. The lowest BCUT2D eigenvalue weighted by atomic mass is 10.0. The minimum atomic E-state index is -0.515. The smallest absolute Gasteiger partial charge is 0.282 e. The molecular formula is C27H28NO3S+. The molecule has 0 aliphatic carbocycles. The topological polar surface area (TPSA) is 57.3 Å². The first-order valence-electron chi connectivity index (χ1n) is 10.9. The van der Waals surface area contributed by atoms with Gasteiger partial charge in [-0.25, -0.2) is 4.79 Å². The van der Waals surface area contributed by atoms with Gasteiger partial charge in [-0.05, 0) is 60.1 Å². The minimum absolute atomic E-state index is 0.154. The predicted molar refractivity (Wildman–Crippen MR) is 128 cm³/mol. The molecule has 32 heavy (non-hydrogen) atoms. The zero-order chi connectivity index (χ0) is 22.6. The van der Waals surface area contributed by atoms with Gasteiger partial charge < -0.3 is 0 Å². The van der Waals surface area contributed by atoms with E-state index in [1.54, 1.807) is 36.0 Å². The largest absolute Gasteiger partial charge is 0.410 e. The van der Waals surface area contributed by atoms with Gasteiger partial charge in [-0.1, -0.05) is 74.3 Å². The molecule has 0 saturated heterocycles. The van der Waals surface area contributed by atoms with Crippen molar-refractivity contribution < 1.29 is 19.6 Å². The van der Waals surface area contributed by atoms with Crippen molar-refractivity contribution in [2.45, 2.75) is 48.8 Å². The van der Waals surface area contributed by atoms with Crippen LogP contribution in [0.3, 0.4) is 0 Å². The van der Waals surface area contributed by atoms with Crippen LogP contribution in [0.4, 0.5) is 0 Å². The van der Waals surface area contributed by atoms with Crippen LogP contribution in [0.5, 0.6) is 0 Å². The molecule has 5 heteroatoms. The van der Waals surface area contributed by atoms with Crippen LogP contribution in [-0.2, 0) is 4.84 Å². The summed E-state index contributed by atoms with van der Waals surface area (Å²) in [4.78, 5) is 32.9. The molecule has 0 bridgehead atoms. The Kier molecular flexibility index (Phi) is 9.26. The van der Waals surface area contributed by atoms with Gasteiger partial charge in [0.1, 0.15) is 0 Å². The first-order chi connectivity index (χ1) is 15.7. The third-order valence-corrected chi connectivity index (χ3v) is 5.94. The molecule has 164 valence electrons. The van der Waals surface area contributed by atoms with Gasteiger partial charge in [0.2, 0.25) is 0 Å². The lowest BCUT2D eigenvalue weighted by Gasteiger charge is -2.04. The van der Waals surface area contributed by atoms with Gasteiger partial charge in [-0.2, -0.15) is 4.84 Å². The van der Waals surface area contributed by atoms with Crippen LogP contribution in [-0.4, -0.2) is 17.5 Å². The van der Waals surface area contributed by atoms with E-state index >= 15 is 0 Å². The van der Waals surface area contributed by atoms with Crippen molar-refractivity contribution in [3.05, 3.63) is 96.1 Å². The highest BCUT2D eigenvalue weighted by Crippen LogP contribution is 2.27. The highest BCUT2D eigenvalue weighted by Gasteiger charge is 2.22. The number of unbranched alkanes of at least 4 members (excludes halogenated alkanes) is 3. The van der Waals surface area contributed by atoms with Crippen molar-refractivity contribution >= 4 is 29.2 Å². The quantitative estimate of drug-likeness (QED) is 0.143. The molecule has 0 radical (unpaired) electrons. The summed E-state index contributed by atoms with van der Waals surface area (Å²) in [7, 11) is 0. The summed E-state index contributed by atoms with van der Waals surface area (Å²) in [6.07, 6.45) is 4.62. The fourth-order valence-corrected chi connectivity index (χ4v) is 3.99. The SMILES string of the molecule is CCCCCC/C(=[NH+]/OC(=O)c1ccccc1)C(=O)c1ccc(Sc2ccccc2)cc1. The first-order valence-corrected chi connectivity index (χ1v) is 11.7. The Bertz CT molecular complexity index is 1030. The lowest BCUT2D eigenvalue weighted by molar-refractivity contribution is -0.720. The molecule has 0 aliphatic heterocycles. The van der Waals surface area contributed by atoms with Gasteiger partial charge in [0.15, 0.2) is 0 Å². The highest BCUT2D eigenvalue weighted by atomic mass is 32.2. The van der Waals surface area contributed by atoms with E-state index in [0.717, 1.165) is 35.5 Å². The summed E-state index contributed by atoms with van der Waals surface area (Å²) >= 11 is 1.64. The molecule has 0 heterocycles. The summed E-state index contributed by atoms with van der Waals surface area (Å²) in [6.45, 7) is 2.14. The van der Waals surface area contributed by atoms with E-state index in [1.165, 1.54) is 0 Å². The molecule has 4 nitrogen and oxygen atoms in total. The molecular weight excluding hydrogens is 418 g/mol. The zero-order valence-electron chi connectivity index (χ0n) is 18.3. The number of benzene rings is 3. The monoisotopic (exact) mass is 446 g/mol. The zero-order valence-corrected chi connectivity index (χ0v) is 19.1. The van der Waals surface area contributed by atoms with Gasteiger partial charge in [0, 0.05) is 21.8 Å². The van der Waals surface area contributed by atoms with Crippen molar-refractivity contribution in [1.82, 2.24) is 0 Å². The molecule has 3 aromatic rings. The van der Waals surface area contributed by atoms with E-state index in [0.29, 0.717) is 23.3 Å². The Balaban J connectivity index is 1.71. The van der Waals surface area contributed by atoms with E-state index in [-0.39, 0.29) is 5.78 Å². The average Bonchev–Trinajstić information content (AvgIpc) is 2.84. The highest BCUT2D eigenvalue weighted by molar-refractivity contribution is 7.99. The van der Waals surface area contributed by atoms with Crippen LogP contribution in [0.1, 0.15) is 59.7 Å². The van der Waals surface area contributed by atoms with E-state index < -0.39 is 5.97 Å². The number of carbonyl (C=O) groups is 2. The fraction of sp³-hybridized carbons (Fsp3) is 0.222. The molecule has 1 N–H and O–H groups in total. The van der Waals surface area contributed by atoms with Crippen LogP contribution in [0.25, 0.3) is 0 Å². The number of hydrogen-bond donors (Lipinski definition) is 1. The van der Waals surface area contributed by atoms with Gasteiger partial charge in [-0.3, -0.25) is 4.79 Å². The normalized spacial score (nSPS) is 11.2. The van der Waals surface area contributed by atoms with Crippen LogP contribution >= 0.6 is 11.8 Å². The molecule has 0 spiro atoms. The van der Waals surface area contributed by atoms with E-state index in [4.69, 9.17) is 4.84 Å². The average molecular weight is 447 g/mol. The third-order valence-electron chi connectivity index (χ3n) is 4.93. The van der Waals surface area contributed by atoms with E-state index in [1.807, 2.05) is 48.5 Å². The van der Waals surface area contributed by atoms with Crippen LogP contribution in [0.2, 0.25) is 0 Å². The second-order valence-corrected chi connectivity index (χ2v) is 8.56. The predicted octanol–water partition coefficient (Wildman–Crippen LogP) is 5.28. The van der Waals surface area contributed by atoms with Crippen molar-refractivity contribution in [2.75, 3.05) is 0 Å². The van der Waals surface area contributed by atoms with E-state index in [2.05, 4.69) is 24.2 Å². The molecule has 0 fully saturated rings. The molecule has 0 unspecified atom stereocenters. The molecule has 0 aromatic heterocycles. The first kappa shape index (κ1) is 23.5. The number of nitrogens with one attached hydrogen (secondary N) is 1. The Morgan fingerprint density at radius 3 is 2.03 bits per heavy atom. The Labute approximate surface area is 193 Å². The molecule has 0 atom stereocenters. The summed E-state index contributed by atoms with van der Waals surface area (Å²) < 4.78 is 0. The Morgan fingerprint density at radius 1 is 0.750 bits per heavy atom. The van der Waals surface area contributed by atoms with Crippen molar-refractivity contribution in [1.29, 1.82) is 0 Å². The van der Waals surface area contributed by atoms with Crippen LogP contribution in [0.15, 0.2) is 94.7 Å². The number of Topliss-reactive ketones (excluding diaryl/α,β-unsaturated/α-hetero) is 1. The fourth-order valence-electron chi connectivity index (χ4n) is 3.15. The minimum Gasteiger partial charge on any atom is -0.282 e. The molecule has 3 rings (SSSR count). The van der Waals surface area contributed by atoms with Crippen molar-refractivity contribution in [3.63, 3.8) is 0 Å². The van der Waals surface area contributed by atoms with E-state index in [9.17, 15) is 9.59 Å². The maximum Gasteiger partial charge on any atom is 0.410 e. The van der Waals surface area contributed by atoms with Crippen molar-refractivity contribution in [2.24, 2.45) is 0 Å². The number of hydrogen-bond acceptors (Lipinski definition) is 4. The summed E-state index contributed by atoms with van der Waals surface area (Å²) in [5.74, 6) is -0.669. The maximum atomic E-state index is 13.1. The van der Waals surface area contributed by atoms with Gasteiger partial charge >= 0.3 is 5.97 Å². The standard InChI is InChI=1S/C27H27NO3S/c1-2-3-4-11-16-25(28-31-27(30)22-12-7-5-8-13-22)26(29)21-17-19-24(20-18-21)32-23-14-9-6-10-15-23/h5-10,12-15,17-20H,2-4,11,16H2,1H3/p+1/b28-25-. The summed E-state index contributed by atoms with van der Waals surface area (Å²) in [5, 5.41) is 2.66. The van der Waals surface area contributed by atoms with Gasteiger partial charge in [0.05, 0.1) is 5.56 Å². The maximum absolute atomic E-state index is 13.1.